The van der Waals surface area contributed by atoms with Gasteiger partial charge in [-0.3, -0.25) is 10.1 Å². The molecule has 0 saturated carbocycles. The number of carbonyl (C=O) groups excluding carboxylic acids is 1. The fourth-order valence-electron chi connectivity index (χ4n) is 2.02. The van der Waals surface area contributed by atoms with Crippen LogP contribution in [-0.2, 0) is 0 Å². The zero-order valence-corrected chi connectivity index (χ0v) is 14.4. The van der Waals surface area contributed by atoms with Crippen LogP contribution in [0, 0.1) is 13.8 Å². The topological polar surface area (TPSA) is 42.0 Å². The fraction of sp³-hybridized carbons (Fsp3) is 0.125. The maximum absolute atomic E-state index is 12.1. The molecule has 112 valence electrons. The molecule has 0 aliphatic heterocycles. The summed E-state index contributed by atoms with van der Waals surface area (Å²) in [6.07, 6.45) is 0. The number of aryl methyl sites for hydroxylation is 2. The number of anilines is 1. The first kappa shape index (κ1) is 15.2. The molecule has 0 fully saturated rings. The lowest BCUT2D eigenvalue weighted by Crippen LogP contribution is -2.09. The summed E-state index contributed by atoms with van der Waals surface area (Å²) in [5.74, 6) is -0.128. The molecule has 2 aromatic heterocycles. The minimum atomic E-state index is -0.128. The Kier molecular flexibility index (Phi) is 4.29. The van der Waals surface area contributed by atoms with E-state index in [4.69, 9.17) is 11.6 Å². The minimum Gasteiger partial charge on any atom is -0.297 e. The van der Waals surface area contributed by atoms with Crippen LogP contribution in [0.3, 0.4) is 0 Å². The average Bonchev–Trinajstić information content (AvgIpc) is 3.12. The Labute approximate surface area is 141 Å². The Morgan fingerprint density at radius 3 is 2.77 bits per heavy atom. The summed E-state index contributed by atoms with van der Waals surface area (Å²) in [7, 11) is 0. The molecule has 2 heterocycles. The molecule has 0 atom stereocenters. The highest BCUT2D eigenvalue weighted by molar-refractivity contribution is 7.16. The molecule has 22 heavy (non-hydrogen) atoms. The lowest BCUT2D eigenvalue weighted by atomic mass is 10.1. The van der Waals surface area contributed by atoms with Gasteiger partial charge in [0, 0.05) is 15.5 Å². The standard InChI is InChI=1S/C16H13ClN2OS2/c1-9-5-6-11(8-12(9)17)14-10(2)22-16(18-14)19-15(20)13-4-3-7-21-13/h3-8H,1-2H3,(H,18,19,20). The number of rotatable bonds is 3. The van der Waals surface area contributed by atoms with Crippen molar-refractivity contribution in [3.63, 3.8) is 0 Å². The molecule has 1 aromatic carbocycles. The maximum atomic E-state index is 12.1. The highest BCUT2D eigenvalue weighted by atomic mass is 35.5. The van der Waals surface area contributed by atoms with E-state index in [1.165, 1.54) is 22.7 Å². The normalized spacial score (nSPS) is 10.7. The fourth-order valence-corrected chi connectivity index (χ4v) is 3.65. The van der Waals surface area contributed by atoms with Crippen molar-refractivity contribution >= 4 is 45.3 Å². The van der Waals surface area contributed by atoms with Crippen LogP contribution in [-0.4, -0.2) is 10.9 Å². The van der Waals surface area contributed by atoms with Crippen molar-refractivity contribution in [2.24, 2.45) is 0 Å². The summed E-state index contributed by atoms with van der Waals surface area (Å²) in [5, 5.41) is 6.04. The summed E-state index contributed by atoms with van der Waals surface area (Å²) in [4.78, 5) is 18.3. The van der Waals surface area contributed by atoms with Crippen LogP contribution in [0.15, 0.2) is 35.7 Å². The molecular weight excluding hydrogens is 336 g/mol. The van der Waals surface area contributed by atoms with Crippen LogP contribution in [0.1, 0.15) is 20.1 Å². The van der Waals surface area contributed by atoms with Crippen molar-refractivity contribution in [3.05, 3.63) is 56.1 Å². The van der Waals surface area contributed by atoms with Crippen LogP contribution in [0.2, 0.25) is 5.02 Å². The van der Waals surface area contributed by atoms with Gasteiger partial charge in [0.2, 0.25) is 0 Å². The van der Waals surface area contributed by atoms with Gasteiger partial charge in [-0.15, -0.1) is 22.7 Å². The lowest BCUT2D eigenvalue weighted by molar-refractivity contribution is 0.103. The second-order valence-corrected chi connectivity index (χ2v) is 7.38. The van der Waals surface area contributed by atoms with Gasteiger partial charge in [0.05, 0.1) is 10.6 Å². The second kappa shape index (κ2) is 6.20. The molecule has 3 aromatic rings. The first-order valence-electron chi connectivity index (χ1n) is 6.63. The first-order chi connectivity index (χ1) is 10.5. The predicted molar refractivity (Wildman–Crippen MR) is 94.3 cm³/mol. The van der Waals surface area contributed by atoms with Gasteiger partial charge in [-0.25, -0.2) is 4.98 Å². The van der Waals surface area contributed by atoms with Gasteiger partial charge in [0.1, 0.15) is 0 Å². The van der Waals surface area contributed by atoms with E-state index in [9.17, 15) is 4.79 Å². The number of aromatic nitrogens is 1. The van der Waals surface area contributed by atoms with E-state index in [1.54, 1.807) is 6.07 Å². The maximum Gasteiger partial charge on any atom is 0.267 e. The van der Waals surface area contributed by atoms with E-state index < -0.39 is 0 Å². The third-order valence-electron chi connectivity index (χ3n) is 3.21. The van der Waals surface area contributed by atoms with E-state index in [2.05, 4.69) is 10.3 Å². The van der Waals surface area contributed by atoms with Gasteiger partial charge in [0.15, 0.2) is 5.13 Å². The Hall–Kier alpha value is -1.69. The highest BCUT2D eigenvalue weighted by Gasteiger charge is 2.14. The number of benzene rings is 1. The summed E-state index contributed by atoms with van der Waals surface area (Å²) in [6.45, 7) is 3.95. The SMILES string of the molecule is Cc1ccc(-c2nc(NC(=O)c3cccs3)sc2C)cc1Cl. The zero-order chi connectivity index (χ0) is 15.7. The van der Waals surface area contributed by atoms with Crippen LogP contribution in [0.25, 0.3) is 11.3 Å². The van der Waals surface area contributed by atoms with Crippen LogP contribution in [0.4, 0.5) is 5.13 Å². The smallest absolute Gasteiger partial charge is 0.267 e. The van der Waals surface area contributed by atoms with Gasteiger partial charge >= 0.3 is 0 Å². The monoisotopic (exact) mass is 348 g/mol. The van der Waals surface area contributed by atoms with Gasteiger partial charge < -0.3 is 0 Å². The summed E-state index contributed by atoms with van der Waals surface area (Å²) in [6, 6.07) is 9.52. The highest BCUT2D eigenvalue weighted by Crippen LogP contribution is 2.32. The van der Waals surface area contributed by atoms with E-state index in [0.29, 0.717) is 15.0 Å². The van der Waals surface area contributed by atoms with Crippen molar-refractivity contribution in [3.8, 4) is 11.3 Å². The summed E-state index contributed by atoms with van der Waals surface area (Å²) < 4.78 is 0. The van der Waals surface area contributed by atoms with Crippen molar-refractivity contribution in [2.45, 2.75) is 13.8 Å². The molecule has 0 bridgehead atoms. The molecule has 0 spiro atoms. The molecule has 6 heteroatoms. The van der Waals surface area contributed by atoms with Crippen molar-refractivity contribution in [1.82, 2.24) is 4.98 Å². The molecule has 0 aliphatic rings. The Bertz CT molecular complexity index is 825. The van der Waals surface area contributed by atoms with Crippen molar-refractivity contribution < 1.29 is 4.79 Å². The van der Waals surface area contributed by atoms with E-state index in [1.807, 2.05) is 43.5 Å². The Balaban J connectivity index is 1.87. The largest absolute Gasteiger partial charge is 0.297 e. The Morgan fingerprint density at radius 1 is 1.27 bits per heavy atom. The number of amides is 1. The molecule has 0 aliphatic carbocycles. The minimum absolute atomic E-state index is 0.128. The van der Waals surface area contributed by atoms with Crippen molar-refractivity contribution in [1.29, 1.82) is 0 Å². The number of hydrogen-bond acceptors (Lipinski definition) is 4. The number of hydrogen-bond donors (Lipinski definition) is 1. The molecule has 3 rings (SSSR count). The number of nitrogens with zero attached hydrogens (tertiary/aromatic N) is 1. The molecular formula is C16H13ClN2OS2. The molecule has 3 nitrogen and oxygen atoms in total. The van der Waals surface area contributed by atoms with Gasteiger partial charge in [0.25, 0.3) is 5.91 Å². The Morgan fingerprint density at radius 2 is 2.09 bits per heavy atom. The predicted octanol–water partition coefficient (Wildman–Crippen LogP) is 5.39. The van der Waals surface area contributed by atoms with Crippen LogP contribution >= 0.6 is 34.3 Å². The van der Waals surface area contributed by atoms with Gasteiger partial charge in [-0.1, -0.05) is 29.8 Å². The summed E-state index contributed by atoms with van der Waals surface area (Å²) in [5.41, 5.74) is 2.85. The number of halogens is 1. The molecule has 0 saturated heterocycles. The van der Waals surface area contributed by atoms with E-state index >= 15 is 0 Å². The number of thiazole rings is 1. The summed E-state index contributed by atoms with van der Waals surface area (Å²) >= 11 is 9.05. The first-order valence-corrected chi connectivity index (χ1v) is 8.71. The van der Waals surface area contributed by atoms with Crippen LogP contribution in [0.5, 0.6) is 0 Å². The lowest BCUT2D eigenvalue weighted by Gasteiger charge is -2.02. The van der Waals surface area contributed by atoms with E-state index in [0.717, 1.165) is 21.7 Å². The molecule has 0 radical (unpaired) electrons. The third kappa shape index (κ3) is 3.06. The molecule has 1 N–H and O–H groups in total. The molecule has 0 unspecified atom stereocenters. The quantitative estimate of drug-likeness (QED) is 0.689. The second-order valence-electron chi connectivity index (χ2n) is 4.82. The zero-order valence-electron chi connectivity index (χ0n) is 12.0. The third-order valence-corrected chi connectivity index (χ3v) is 5.37. The van der Waals surface area contributed by atoms with Gasteiger partial charge in [-0.05, 0) is 36.9 Å². The molecule has 1 amide bonds. The number of thiophene rings is 1. The number of carbonyl (C=O) groups is 1. The van der Waals surface area contributed by atoms with Crippen molar-refractivity contribution in [2.75, 3.05) is 5.32 Å². The van der Waals surface area contributed by atoms with E-state index in [-0.39, 0.29) is 5.91 Å². The van der Waals surface area contributed by atoms with Gasteiger partial charge in [-0.2, -0.15) is 0 Å². The van der Waals surface area contributed by atoms with Crippen LogP contribution < -0.4 is 5.32 Å². The number of nitrogens with one attached hydrogen (secondary N) is 1. The average molecular weight is 349 g/mol.